The van der Waals surface area contributed by atoms with Crippen LogP contribution in [0.4, 0.5) is 0 Å². The number of rotatable bonds is 9. The summed E-state index contributed by atoms with van der Waals surface area (Å²) in [4.78, 5) is 0. The van der Waals surface area contributed by atoms with E-state index in [4.69, 9.17) is 24.0 Å². The van der Waals surface area contributed by atoms with Gasteiger partial charge in [0.15, 0.2) is 6.29 Å². The van der Waals surface area contributed by atoms with Gasteiger partial charge in [-0.15, -0.1) is 5.10 Å². The molecular formula is C21H32N2O4Si. The van der Waals surface area contributed by atoms with E-state index in [-0.39, 0.29) is 6.29 Å². The Bertz CT molecular complexity index is 792. The smallest absolute Gasteiger partial charge is 0.240 e. The third-order valence-corrected chi connectivity index (χ3v) is 7.23. The molecule has 0 bridgehead atoms. The average Bonchev–Trinajstić information content (AvgIpc) is 3.25. The summed E-state index contributed by atoms with van der Waals surface area (Å²) in [6.07, 6.45) is 3.54. The molecule has 1 aliphatic carbocycles. The van der Waals surface area contributed by atoms with Gasteiger partial charge in [-0.25, -0.2) is 4.68 Å². The third kappa shape index (κ3) is 4.76. The zero-order chi connectivity index (χ0) is 19.6. The predicted molar refractivity (Wildman–Crippen MR) is 111 cm³/mol. The van der Waals surface area contributed by atoms with Crippen LogP contribution in [0.1, 0.15) is 31.1 Å². The zero-order valence-electron chi connectivity index (χ0n) is 17.3. The van der Waals surface area contributed by atoms with E-state index in [2.05, 4.69) is 31.8 Å². The van der Waals surface area contributed by atoms with E-state index in [1.807, 2.05) is 10.7 Å². The highest BCUT2D eigenvalue weighted by atomic mass is 28.3. The molecule has 2 aliphatic rings. The summed E-state index contributed by atoms with van der Waals surface area (Å²) in [5.74, 6) is 1.36. The first-order chi connectivity index (χ1) is 13.5. The molecule has 1 aliphatic heterocycles. The second kappa shape index (κ2) is 8.53. The van der Waals surface area contributed by atoms with Gasteiger partial charge in [0.1, 0.15) is 6.73 Å². The lowest BCUT2D eigenvalue weighted by molar-refractivity contribution is -0.0440. The average molecular weight is 405 g/mol. The Hall–Kier alpha value is -1.41. The predicted octanol–water partition coefficient (Wildman–Crippen LogP) is 4.57. The fourth-order valence-corrected chi connectivity index (χ4v) is 4.21. The molecule has 1 saturated carbocycles. The molecular weight excluding hydrogens is 372 g/mol. The Morgan fingerprint density at radius 2 is 1.96 bits per heavy atom. The molecule has 2 fully saturated rings. The van der Waals surface area contributed by atoms with Crippen LogP contribution in [-0.2, 0) is 20.9 Å². The van der Waals surface area contributed by atoms with Gasteiger partial charge >= 0.3 is 0 Å². The fraction of sp³-hybridized carbons (Fsp3) is 0.667. The Morgan fingerprint density at radius 3 is 2.64 bits per heavy atom. The quantitative estimate of drug-likeness (QED) is 0.452. The molecule has 0 unspecified atom stereocenters. The van der Waals surface area contributed by atoms with Crippen molar-refractivity contribution < 1.29 is 18.9 Å². The van der Waals surface area contributed by atoms with E-state index in [1.165, 1.54) is 19.3 Å². The van der Waals surface area contributed by atoms with Crippen LogP contribution < -0.4 is 4.74 Å². The lowest BCUT2D eigenvalue weighted by Crippen LogP contribution is -2.22. The maximum absolute atomic E-state index is 6.12. The summed E-state index contributed by atoms with van der Waals surface area (Å²) in [5, 5.41) is 5.72. The highest BCUT2D eigenvalue weighted by molar-refractivity contribution is 6.76. The maximum Gasteiger partial charge on any atom is 0.240 e. The van der Waals surface area contributed by atoms with Gasteiger partial charge in [-0.3, -0.25) is 0 Å². The normalized spacial score (nSPS) is 18.7. The largest absolute Gasteiger partial charge is 0.476 e. The molecule has 0 atom stereocenters. The molecule has 0 spiro atoms. The van der Waals surface area contributed by atoms with Crippen molar-refractivity contribution in [2.45, 2.75) is 58.0 Å². The van der Waals surface area contributed by atoms with Crippen LogP contribution in [-0.4, -0.2) is 44.3 Å². The minimum atomic E-state index is -1.10. The molecule has 0 radical (unpaired) electrons. The molecule has 6 nitrogen and oxygen atoms in total. The van der Waals surface area contributed by atoms with E-state index in [9.17, 15) is 0 Å². The van der Waals surface area contributed by atoms with Gasteiger partial charge in [0, 0.05) is 20.2 Å². The summed E-state index contributed by atoms with van der Waals surface area (Å²) in [7, 11) is -1.10. The third-order valence-electron chi connectivity index (χ3n) is 5.53. The molecule has 7 heteroatoms. The van der Waals surface area contributed by atoms with Crippen LogP contribution in [0.5, 0.6) is 5.88 Å². The van der Waals surface area contributed by atoms with E-state index in [0.717, 1.165) is 35.7 Å². The molecule has 154 valence electrons. The number of benzene rings is 1. The first-order valence-electron chi connectivity index (χ1n) is 10.4. The first kappa shape index (κ1) is 19.9. The van der Waals surface area contributed by atoms with E-state index < -0.39 is 8.07 Å². The summed E-state index contributed by atoms with van der Waals surface area (Å²) < 4.78 is 25.3. The number of nitrogens with zero attached hydrogens (tertiary/aromatic N) is 2. The van der Waals surface area contributed by atoms with Gasteiger partial charge < -0.3 is 18.9 Å². The van der Waals surface area contributed by atoms with Gasteiger partial charge in [0.05, 0.1) is 30.7 Å². The van der Waals surface area contributed by atoms with E-state index in [1.54, 1.807) is 0 Å². The van der Waals surface area contributed by atoms with Crippen LogP contribution >= 0.6 is 0 Å². The van der Waals surface area contributed by atoms with Gasteiger partial charge in [0.25, 0.3) is 0 Å². The number of hydrogen-bond donors (Lipinski definition) is 0. The number of fused-ring (bicyclic) bond motifs is 1. The second-order valence-electron chi connectivity index (χ2n) is 9.11. The van der Waals surface area contributed by atoms with E-state index >= 15 is 0 Å². The number of ether oxygens (including phenoxy) is 4. The van der Waals surface area contributed by atoms with Crippen molar-refractivity contribution in [1.82, 2.24) is 9.78 Å². The molecule has 0 amide bonds. The molecule has 2 heterocycles. The Labute approximate surface area is 168 Å². The van der Waals surface area contributed by atoms with Crippen molar-refractivity contribution in [1.29, 1.82) is 0 Å². The van der Waals surface area contributed by atoms with Crippen molar-refractivity contribution in [2.24, 2.45) is 5.92 Å². The van der Waals surface area contributed by atoms with Crippen LogP contribution in [0, 0.1) is 5.92 Å². The van der Waals surface area contributed by atoms with Crippen LogP contribution in [0.3, 0.4) is 0 Å². The van der Waals surface area contributed by atoms with Crippen molar-refractivity contribution in [3.8, 4) is 5.88 Å². The van der Waals surface area contributed by atoms with Crippen LogP contribution in [0.2, 0.25) is 25.7 Å². The van der Waals surface area contributed by atoms with Crippen molar-refractivity contribution in [2.75, 3.05) is 26.4 Å². The SMILES string of the molecule is C[Si](C)(C)CCOCn1nc(OCC2CCC2)c2cc(C3OCCO3)ccc21. The van der Waals surface area contributed by atoms with Gasteiger partial charge in [-0.1, -0.05) is 32.1 Å². The summed E-state index contributed by atoms with van der Waals surface area (Å²) in [6.45, 7) is 10.3. The van der Waals surface area contributed by atoms with Crippen molar-refractivity contribution in [3.05, 3.63) is 23.8 Å². The Morgan fingerprint density at radius 1 is 1.18 bits per heavy atom. The van der Waals surface area contributed by atoms with Gasteiger partial charge in [0.2, 0.25) is 5.88 Å². The standard InChI is InChI=1S/C21H32N2O4Si/c1-28(2,3)12-11-24-15-23-19-8-7-17(21-25-9-10-26-21)13-18(19)20(22-23)27-14-16-5-4-6-16/h7-8,13,16,21H,4-6,9-12,14-15H2,1-3H3. The minimum Gasteiger partial charge on any atom is -0.476 e. The topological polar surface area (TPSA) is 54.7 Å². The Balaban J connectivity index is 1.52. The summed E-state index contributed by atoms with van der Waals surface area (Å²) in [5.41, 5.74) is 2.04. The second-order valence-corrected chi connectivity index (χ2v) is 14.7. The molecule has 4 rings (SSSR count). The lowest BCUT2D eigenvalue weighted by atomic mass is 9.86. The summed E-state index contributed by atoms with van der Waals surface area (Å²) >= 11 is 0. The number of hydrogen-bond acceptors (Lipinski definition) is 5. The highest BCUT2D eigenvalue weighted by Crippen LogP contribution is 2.33. The Kier molecular flexibility index (Phi) is 6.06. The molecule has 28 heavy (non-hydrogen) atoms. The maximum atomic E-state index is 6.12. The molecule has 1 aromatic carbocycles. The molecule has 0 N–H and O–H groups in total. The van der Waals surface area contributed by atoms with Gasteiger partial charge in [-0.2, -0.15) is 0 Å². The van der Waals surface area contributed by atoms with Crippen LogP contribution in [0.25, 0.3) is 10.9 Å². The zero-order valence-corrected chi connectivity index (χ0v) is 18.3. The monoisotopic (exact) mass is 404 g/mol. The van der Waals surface area contributed by atoms with Crippen LogP contribution in [0.15, 0.2) is 18.2 Å². The molecule has 2 aromatic rings. The minimum absolute atomic E-state index is 0.291. The molecule has 1 aromatic heterocycles. The number of aromatic nitrogens is 2. The summed E-state index contributed by atoms with van der Waals surface area (Å²) in [6, 6.07) is 7.36. The van der Waals surface area contributed by atoms with Crippen molar-refractivity contribution in [3.63, 3.8) is 0 Å². The molecule has 1 saturated heterocycles. The first-order valence-corrected chi connectivity index (χ1v) is 14.1. The lowest BCUT2D eigenvalue weighted by Gasteiger charge is -2.24. The van der Waals surface area contributed by atoms with Crippen molar-refractivity contribution >= 4 is 19.0 Å². The highest BCUT2D eigenvalue weighted by Gasteiger charge is 2.23. The van der Waals surface area contributed by atoms with E-state index in [0.29, 0.717) is 31.7 Å². The van der Waals surface area contributed by atoms with Gasteiger partial charge in [-0.05, 0) is 36.9 Å². The fourth-order valence-electron chi connectivity index (χ4n) is 3.46.